The summed E-state index contributed by atoms with van der Waals surface area (Å²) in [5, 5.41) is 5.35. The molecular formula is C12H25N3O2. The molecule has 100 valence electrons. The van der Waals surface area contributed by atoms with Crippen LogP contribution in [-0.2, 0) is 9.59 Å². The van der Waals surface area contributed by atoms with Crippen molar-refractivity contribution in [2.24, 2.45) is 5.73 Å². The Morgan fingerprint density at radius 3 is 2.35 bits per heavy atom. The summed E-state index contributed by atoms with van der Waals surface area (Å²) in [6.45, 7) is 6.31. The van der Waals surface area contributed by atoms with Gasteiger partial charge >= 0.3 is 0 Å². The highest BCUT2D eigenvalue weighted by Crippen LogP contribution is 1.98. The summed E-state index contributed by atoms with van der Waals surface area (Å²) in [4.78, 5) is 23.1. The normalized spacial score (nSPS) is 13.9. The first-order chi connectivity index (χ1) is 8.02. The van der Waals surface area contributed by atoms with Crippen LogP contribution in [0.25, 0.3) is 0 Å². The van der Waals surface area contributed by atoms with Crippen molar-refractivity contribution in [2.45, 2.75) is 58.5 Å². The highest BCUT2D eigenvalue weighted by molar-refractivity contribution is 5.89. The fourth-order valence-electron chi connectivity index (χ4n) is 1.34. The second kappa shape index (κ2) is 8.98. The molecule has 0 saturated carbocycles. The van der Waals surface area contributed by atoms with Crippen LogP contribution in [0.4, 0.5) is 0 Å². The van der Waals surface area contributed by atoms with E-state index >= 15 is 0 Å². The molecule has 2 amide bonds. The highest BCUT2D eigenvalue weighted by Gasteiger charge is 2.18. The largest absolute Gasteiger partial charge is 0.354 e. The van der Waals surface area contributed by atoms with E-state index in [0.717, 1.165) is 19.3 Å². The zero-order valence-corrected chi connectivity index (χ0v) is 11.1. The summed E-state index contributed by atoms with van der Waals surface area (Å²) in [6.07, 6.45) is 3.46. The van der Waals surface area contributed by atoms with Crippen molar-refractivity contribution in [2.75, 3.05) is 6.54 Å². The second-order valence-corrected chi connectivity index (χ2v) is 4.27. The van der Waals surface area contributed by atoms with E-state index in [1.807, 2.05) is 13.8 Å². The van der Waals surface area contributed by atoms with Gasteiger partial charge in [-0.05, 0) is 19.8 Å². The Kier molecular flexibility index (Phi) is 8.40. The number of nitrogens with two attached hydrogens (primary N) is 1. The molecule has 2 unspecified atom stereocenters. The SMILES string of the molecule is CCCCC(N)C(=O)NC(C)C(=O)NCCC. The quantitative estimate of drug-likeness (QED) is 0.581. The van der Waals surface area contributed by atoms with Gasteiger partial charge in [0, 0.05) is 6.54 Å². The summed E-state index contributed by atoms with van der Waals surface area (Å²) < 4.78 is 0. The lowest BCUT2D eigenvalue weighted by Gasteiger charge is -2.17. The van der Waals surface area contributed by atoms with Gasteiger partial charge in [0.05, 0.1) is 6.04 Å². The van der Waals surface area contributed by atoms with Crippen molar-refractivity contribution in [3.63, 3.8) is 0 Å². The van der Waals surface area contributed by atoms with Crippen LogP contribution in [0.15, 0.2) is 0 Å². The van der Waals surface area contributed by atoms with Gasteiger partial charge in [0.15, 0.2) is 0 Å². The number of carbonyl (C=O) groups excluding carboxylic acids is 2. The van der Waals surface area contributed by atoms with Crippen LogP contribution in [0.2, 0.25) is 0 Å². The standard InChI is InChI=1S/C12H25N3O2/c1-4-6-7-10(13)12(17)15-9(3)11(16)14-8-5-2/h9-10H,4-8,13H2,1-3H3,(H,14,16)(H,15,17). The molecule has 0 bridgehead atoms. The van der Waals surface area contributed by atoms with E-state index in [1.165, 1.54) is 0 Å². The Morgan fingerprint density at radius 2 is 1.82 bits per heavy atom. The third-order valence-electron chi connectivity index (χ3n) is 2.51. The molecule has 0 heterocycles. The molecule has 17 heavy (non-hydrogen) atoms. The van der Waals surface area contributed by atoms with Crippen LogP contribution in [0.5, 0.6) is 0 Å². The first-order valence-electron chi connectivity index (χ1n) is 6.36. The number of rotatable bonds is 8. The third-order valence-corrected chi connectivity index (χ3v) is 2.51. The average Bonchev–Trinajstić information content (AvgIpc) is 2.32. The van der Waals surface area contributed by atoms with Crippen LogP contribution < -0.4 is 16.4 Å². The van der Waals surface area contributed by atoms with Gasteiger partial charge < -0.3 is 16.4 Å². The molecule has 0 aromatic carbocycles. The summed E-state index contributed by atoms with van der Waals surface area (Å²) >= 11 is 0. The maximum absolute atomic E-state index is 11.6. The van der Waals surface area contributed by atoms with E-state index < -0.39 is 12.1 Å². The molecule has 5 heteroatoms. The Labute approximate surface area is 104 Å². The van der Waals surface area contributed by atoms with E-state index in [4.69, 9.17) is 5.73 Å². The van der Waals surface area contributed by atoms with E-state index in [2.05, 4.69) is 10.6 Å². The Hall–Kier alpha value is -1.10. The number of unbranched alkanes of at least 4 members (excludes halogenated alkanes) is 1. The molecule has 0 spiro atoms. The minimum atomic E-state index is -0.526. The smallest absolute Gasteiger partial charge is 0.242 e. The van der Waals surface area contributed by atoms with Gasteiger partial charge in [0.1, 0.15) is 6.04 Å². The van der Waals surface area contributed by atoms with Crippen molar-refractivity contribution in [3.05, 3.63) is 0 Å². The molecule has 0 radical (unpaired) electrons. The van der Waals surface area contributed by atoms with E-state index in [9.17, 15) is 9.59 Å². The van der Waals surface area contributed by atoms with Gasteiger partial charge in [0.25, 0.3) is 0 Å². The number of hydrogen-bond donors (Lipinski definition) is 3. The fourth-order valence-corrected chi connectivity index (χ4v) is 1.34. The number of hydrogen-bond acceptors (Lipinski definition) is 3. The molecule has 5 nitrogen and oxygen atoms in total. The van der Waals surface area contributed by atoms with Crippen LogP contribution >= 0.6 is 0 Å². The molecule has 4 N–H and O–H groups in total. The fraction of sp³-hybridized carbons (Fsp3) is 0.833. The molecule has 0 saturated heterocycles. The molecule has 0 aromatic rings. The molecular weight excluding hydrogens is 218 g/mol. The summed E-state index contributed by atoms with van der Waals surface area (Å²) in [5.41, 5.74) is 5.71. The van der Waals surface area contributed by atoms with Gasteiger partial charge in [-0.1, -0.05) is 26.7 Å². The molecule has 2 atom stereocenters. The minimum absolute atomic E-state index is 0.164. The van der Waals surface area contributed by atoms with Crippen LogP contribution in [0, 0.1) is 0 Å². The second-order valence-electron chi connectivity index (χ2n) is 4.27. The summed E-state index contributed by atoms with van der Waals surface area (Å²) in [7, 11) is 0. The predicted molar refractivity (Wildman–Crippen MR) is 68.4 cm³/mol. The molecule has 0 aliphatic rings. The molecule has 0 rings (SSSR count). The van der Waals surface area contributed by atoms with Crippen molar-refractivity contribution in [3.8, 4) is 0 Å². The van der Waals surface area contributed by atoms with Crippen LogP contribution in [0.3, 0.4) is 0 Å². The van der Waals surface area contributed by atoms with Gasteiger partial charge in [0.2, 0.25) is 11.8 Å². The Morgan fingerprint density at radius 1 is 1.18 bits per heavy atom. The molecule has 0 aliphatic carbocycles. The minimum Gasteiger partial charge on any atom is -0.354 e. The van der Waals surface area contributed by atoms with E-state index in [0.29, 0.717) is 13.0 Å². The number of amides is 2. The number of nitrogens with one attached hydrogen (secondary N) is 2. The van der Waals surface area contributed by atoms with Crippen molar-refractivity contribution >= 4 is 11.8 Å². The summed E-state index contributed by atoms with van der Waals surface area (Å²) in [5.74, 6) is -0.416. The Bertz CT molecular complexity index is 244. The van der Waals surface area contributed by atoms with Gasteiger partial charge in [-0.2, -0.15) is 0 Å². The molecule has 0 aliphatic heterocycles. The van der Waals surface area contributed by atoms with Crippen molar-refractivity contribution in [1.29, 1.82) is 0 Å². The first-order valence-corrected chi connectivity index (χ1v) is 6.36. The maximum atomic E-state index is 11.6. The topological polar surface area (TPSA) is 84.2 Å². The maximum Gasteiger partial charge on any atom is 0.242 e. The highest BCUT2D eigenvalue weighted by atomic mass is 16.2. The van der Waals surface area contributed by atoms with Crippen LogP contribution in [0.1, 0.15) is 46.5 Å². The number of carbonyl (C=O) groups is 2. The predicted octanol–water partition coefficient (Wildman–Crippen LogP) is 0.535. The lowest BCUT2D eigenvalue weighted by molar-refractivity contribution is -0.129. The van der Waals surface area contributed by atoms with E-state index in [1.54, 1.807) is 6.92 Å². The average molecular weight is 243 g/mol. The lowest BCUT2D eigenvalue weighted by atomic mass is 10.1. The van der Waals surface area contributed by atoms with Crippen LogP contribution in [-0.4, -0.2) is 30.4 Å². The van der Waals surface area contributed by atoms with Gasteiger partial charge in [-0.3, -0.25) is 9.59 Å². The molecule has 0 fully saturated rings. The van der Waals surface area contributed by atoms with Gasteiger partial charge in [-0.15, -0.1) is 0 Å². The summed E-state index contributed by atoms with van der Waals surface area (Å²) in [6, 6.07) is -1.04. The van der Waals surface area contributed by atoms with Gasteiger partial charge in [-0.25, -0.2) is 0 Å². The first kappa shape index (κ1) is 15.9. The van der Waals surface area contributed by atoms with E-state index in [-0.39, 0.29) is 11.8 Å². The Balaban J connectivity index is 3.97. The lowest BCUT2D eigenvalue weighted by Crippen LogP contribution is -2.50. The molecule has 0 aromatic heterocycles. The van der Waals surface area contributed by atoms with Crippen molar-refractivity contribution in [1.82, 2.24) is 10.6 Å². The zero-order chi connectivity index (χ0) is 13.3. The zero-order valence-electron chi connectivity index (χ0n) is 11.1. The monoisotopic (exact) mass is 243 g/mol. The van der Waals surface area contributed by atoms with Crippen molar-refractivity contribution < 1.29 is 9.59 Å². The third kappa shape index (κ3) is 6.94.